The Morgan fingerprint density at radius 2 is 1.48 bits per heavy atom. The molecule has 29 heavy (non-hydrogen) atoms. The number of rotatable bonds is 5. The Kier molecular flexibility index (Phi) is 5.96. The second-order valence-corrected chi connectivity index (χ2v) is 7.89. The molecule has 0 bridgehead atoms. The molecule has 5 heteroatoms. The van der Waals surface area contributed by atoms with Gasteiger partial charge in [-0.25, -0.2) is 4.79 Å². The molecule has 0 unspecified atom stereocenters. The van der Waals surface area contributed by atoms with Crippen molar-refractivity contribution in [3.05, 3.63) is 102 Å². The quantitative estimate of drug-likeness (QED) is 0.551. The van der Waals surface area contributed by atoms with E-state index in [0.717, 1.165) is 22.0 Å². The fourth-order valence-electron chi connectivity index (χ4n) is 3.17. The summed E-state index contributed by atoms with van der Waals surface area (Å²) in [6, 6.07) is 28.2. The lowest BCUT2D eigenvalue weighted by Crippen LogP contribution is -2.49. The van der Waals surface area contributed by atoms with Gasteiger partial charge in [0.05, 0.1) is 19.0 Å². The third kappa shape index (κ3) is 4.69. The van der Waals surface area contributed by atoms with E-state index < -0.39 is 0 Å². The molecule has 0 atom stereocenters. The summed E-state index contributed by atoms with van der Waals surface area (Å²) in [5, 5.41) is 0.770. The summed E-state index contributed by atoms with van der Waals surface area (Å²) < 4.78 is 0. The molecule has 3 aromatic carbocycles. The lowest BCUT2D eigenvalue weighted by atomic mass is 10.2. The molecule has 3 aromatic rings. The van der Waals surface area contributed by atoms with Gasteiger partial charge in [-0.05, 0) is 30.2 Å². The van der Waals surface area contributed by atoms with Crippen LogP contribution in [0.3, 0.4) is 0 Å². The zero-order valence-corrected chi connectivity index (χ0v) is 17.2. The number of carbonyl (C=O) groups excluding carboxylic acids is 1. The fourth-order valence-corrected chi connectivity index (χ4v) is 4.13. The minimum Gasteiger partial charge on any atom is -0.284 e. The van der Waals surface area contributed by atoms with E-state index in [0.29, 0.717) is 19.0 Å². The van der Waals surface area contributed by atoms with Crippen molar-refractivity contribution in [2.45, 2.75) is 20.0 Å². The SMILES string of the molecule is Cc1ccc(N2CSC(=NCc3ccccc3)N(Cc3ccccc3)C2=O)cc1. The zero-order chi connectivity index (χ0) is 20.1. The molecule has 1 fully saturated rings. The highest BCUT2D eigenvalue weighted by Gasteiger charge is 2.32. The zero-order valence-electron chi connectivity index (χ0n) is 16.4. The number of hydrogen-bond acceptors (Lipinski definition) is 3. The number of benzene rings is 3. The molecule has 0 aromatic heterocycles. The first-order valence-corrected chi connectivity index (χ1v) is 10.6. The number of thioether (sulfide) groups is 1. The van der Waals surface area contributed by atoms with Gasteiger partial charge in [-0.1, -0.05) is 90.1 Å². The van der Waals surface area contributed by atoms with Crippen LogP contribution in [0.15, 0.2) is 89.9 Å². The van der Waals surface area contributed by atoms with E-state index in [4.69, 9.17) is 4.99 Å². The molecule has 0 spiro atoms. The highest BCUT2D eigenvalue weighted by atomic mass is 32.2. The van der Waals surface area contributed by atoms with E-state index in [2.05, 4.69) is 12.1 Å². The van der Waals surface area contributed by atoms with Crippen molar-refractivity contribution >= 4 is 28.6 Å². The second kappa shape index (κ2) is 8.97. The highest BCUT2D eigenvalue weighted by molar-refractivity contribution is 8.14. The van der Waals surface area contributed by atoms with Crippen molar-refractivity contribution in [1.82, 2.24) is 4.90 Å². The van der Waals surface area contributed by atoms with Crippen molar-refractivity contribution in [2.24, 2.45) is 4.99 Å². The third-order valence-corrected chi connectivity index (χ3v) is 5.78. The van der Waals surface area contributed by atoms with Crippen molar-refractivity contribution in [1.29, 1.82) is 0 Å². The number of hydrogen-bond donors (Lipinski definition) is 0. The Morgan fingerprint density at radius 1 is 0.862 bits per heavy atom. The van der Waals surface area contributed by atoms with E-state index in [-0.39, 0.29) is 6.03 Å². The van der Waals surface area contributed by atoms with Crippen molar-refractivity contribution in [3.8, 4) is 0 Å². The van der Waals surface area contributed by atoms with E-state index in [1.54, 1.807) is 16.7 Å². The van der Waals surface area contributed by atoms with Crippen LogP contribution in [0.1, 0.15) is 16.7 Å². The fraction of sp³-hybridized carbons (Fsp3) is 0.167. The summed E-state index contributed by atoms with van der Waals surface area (Å²) in [5.41, 5.74) is 4.30. The van der Waals surface area contributed by atoms with Crippen LogP contribution >= 0.6 is 11.8 Å². The molecule has 1 aliphatic rings. The Bertz CT molecular complexity index is 988. The number of nitrogens with zero attached hydrogens (tertiary/aromatic N) is 3. The van der Waals surface area contributed by atoms with Crippen LogP contribution < -0.4 is 4.90 Å². The van der Waals surface area contributed by atoms with Gasteiger partial charge in [0, 0.05) is 5.69 Å². The molecule has 0 radical (unpaired) electrons. The van der Waals surface area contributed by atoms with Crippen molar-refractivity contribution in [2.75, 3.05) is 10.8 Å². The predicted molar refractivity (Wildman–Crippen MR) is 121 cm³/mol. The molecular weight excluding hydrogens is 378 g/mol. The van der Waals surface area contributed by atoms with Crippen molar-refractivity contribution < 1.29 is 4.79 Å². The van der Waals surface area contributed by atoms with Gasteiger partial charge in [-0.3, -0.25) is 14.8 Å². The molecule has 1 saturated heterocycles. The van der Waals surface area contributed by atoms with Gasteiger partial charge in [0.2, 0.25) is 0 Å². The van der Waals surface area contributed by atoms with E-state index >= 15 is 0 Å². The number of aliphatic imine (C=N–C) groups is 1. The number of anilines is 1. The molecule has 0 saturated carbocycles. The number of amides is 2. The Morgan fingerprint density at radius 3 is 2.14 bits per heavy atom. The van der Waals surface area contributed by atoms with E-state index in [1.165, 1.54) is 5.56 Å². The van der Waals surface area contributed by atoms with E-state index in [1.807, 2.05) is 84.6 Å². The normalized spacial score (nSPS) is 15.8. The summed E-state index contributed by atoms with van der Waals surface area (Å²) in [6.45, 7) is 3.11. The first-order valence-electron chi connectivity index (χ1n) is 9.61. The van der Waals surface area contributed by atoms with Gasteiger partial charge >= 0.3 is 6.03 Å². The minimum absolute atomic E-state index is 0.0386. The van der Waals surface area contributed by atoms with Crippen LogP contribution in [-0.2, 0) is 13.1 Å². The number of aryl methyl sites for hydroxylation is 1. The number of carbonyl (C=O) groups is 1. The van der Waals surface area contributed by atoms with Crippen LogP contribution in [0.25, 0.3) is 0 Å². The average molecular weight is 402 g/mol. The lowest BCUT2D eigenvalue weighted by molar-refractivity contribution is 0.226. The summed E-state index contributed by atoms with van der Waals surface area (Å²) in [4.78, 5) is 21.8. The summed E-state index contributed by atoms with van der Waals surface area (Å²) in [7, 11) is 0. The smallest absolute Gasteiger partial charge is 0.284 e. The summed E-state index contributed by atoms with van der Waals surface area (Å²) in [6.07, 6.45) is 0. The largest absolute Gasteiger partial charge is 0.331 e. The molecule has 1 heterocycles. The second-order valence-electron chi connectivity index (χ2n) is 6.98. The molecule has 1 aliphatic heterocycles. The summed E-state index contributed by atoms with van der Waals surface area (Å²) in [5.74, 6) is 0.556. The predicted octanol–water partition coefficient (Wildman–Crippen LogP) is 5.68. The van der Waals surface area contributed by atoms with E-state index in [9.17, 15) is 4.79 Å². The van der Waals surface area contributed by atoms with Crippen LogP contribution in [0.5, 0.6) is 0 Å². The Balaban J connectivity index is 1.61. The molecule has 0 aliphatic carbocycles. The molecular formula is C24H23N3OS. The number of urea groups is 1. The standard InChI is InChI=1S/C24H23N3OS/c1-19-12-14-22(15-13-19)27-18-29-23(25-16-20-8-4-2-5-9-20)26(24(27)28)17-21-10-6-3-7-11-21/h2-15H,16-18H2,1H3. The van der Waals surface area contributed by atoms with Crippen LogP contribution in [-0.4, -0.2) is 22.0 Å². The molecule has 4 rings (SSSR count). The third-order valence-electron chi connectivity index (χ3n) is 4.78. The average Bonchev–Trinajstić information content (AvgIpc) is 2.76. The van der Waals surface area contributed by atoms with Gasteiger partial charge in [0.1, 0.15) is 0 Å². The summed E-state index contributed by atoms with van der Waals surface area (Å²) >= 11 is 1.60. The molecule has 4 nitrogen and oxygen atoms in total. The van der Waals surface area contributed by atoms with Gasteiger partial charge in [0.25, 0.3) is 0 Å². The first-order chi connectivity index (χ1) is 14.2. The van der Waals surface area contributed by atoms with Gasteiger partial charge in [0.15, 0.2) is 5.17 Å². The molecule has 146 valence electrons. The first kappa shape index (κ1) is 19.3. The van der Waals surface area contributed by atoms with Gasteiger partial charge < -0.3 is 0 Å². The highest BCUT2D eigenvalue weighted by Crippen LogP contribution is 2.28. The van der Waals surface area contributed by atoms with Crippen molar-refractivity contribution in [3.63, 3.8) is 0 Å². The maximum absolute atomic E-state index is 13.4. The number of amidine groups is 1. The minimum atomic E-state index is -0.0386. The van der Waals surface area contributed by atoms with Gasteiger partial charge in [-0.2, -0.15) is 0 Å². The van der Waals surface area contributed by atoms with Crippen LogP contribution in [0.2, 0.25) is 0 Å². The van der Waals surface area contributed by atoms with Crippen LogP contribution in [0, 0.1) is 6.92 Å². The topological polar surface area (TPSA) is 35.9 Å². The van der Waals surface area contributed by atoms with Crippen LogP contribution in [0.4, 0.5) is 10.5 Å². The Hall–Kier alpha value is -3.05. The monoisotopic (exact) mass is 401 g/mol. The Labute approximate surface area is 175 Å². The lowest BCUT2D eigenvalue weighted by Gasteiger charge is -2.36. The van der Waals surface area contributed by atoms with Gasteiger partial charge in [-0.15, -0.1) is 0 Å². The maximum Gasteiger partial charge on any atom is 0.331 e. The molecule has 0 N–H and O–H groups in total. The molecule has 2 amide bonds. The maximum atomic E-state index is 13.4.